The van der Waals surface area contributed by atoms with E-state index in [1.54, 1.807) is 25.6 Å². The van der Waals surface area contributed by atoms with Gasteiger partial charge in [0.25, 0.3) is 0 Å². The van der Waals surface area contributed by atoms with Gasteiger partial charge in [-0.2, -0.15) is 0 Å². The van der Waals surface area contributed by atoms with Crippen molar-refractivity contribution in [2.45, 2.75) is 26.4 Å². The van der Waals surface area contributed by atoms with Crippen LogP contribution in [-0.2, 0) is 6.54 Å². The quantitative estimate of drug-likeness (QED) is 0.347. The number of nitrogens with one attached hydrogen (secondary N) is 1. The monoisotopic (exact) mass is 468 g/mol. The average Bonchev–Trinajstić information content (AvgIpc) is 3.19. The van der Waals surface area contributed by atoms with Crippen LogP contribution in [0.25, 0.3) is 21.3 Å². The third-order valence-electron chi connectivity index (χ3n) is 5.28. The van der Waals surface area contributed by atoms with Gasteiger partial charge in [-0.25, -0.2) is 9.97 Å². The standard InChI is InChI=1S/C24H25ClN4O2S/c1-13(23-18(25)10-22(32-23)16-8-6-5-7-15(16)12-26)27-24-17-9-20(30-3)21(31-4)11-19(17)28-14(2)29-24/h5-11,13H,12,26H2,1-4H3,(H,27,28,29). The van der Waals surface area contributed by atoms with Gasteiger partial charge in [-0.1, -0.05) is 35.9 Å². The smallest absolute Gasteiger partial charge is 0.162 e. The molecule has 4 rings (SSSR count). The van der Waals surface area contributed by atoms with Crippen molar-refractivity contribution in [2.75, 3.05) is 19.5 Å². The Hall–Kier alpha value is -2.87. The van der Waals surface area contributed by atoms with Gasteiger partial charge < -0.3 is 20.5 Å². The summed E-state index contributed by atoms with van der Waals surface area (Å²) >= 11 is 8.31. The molecule has 3 N–H and O–H groups in total. The van der Waals surface area contributed by atoms with E-state index in [0.717, 1.165) is 31.8 Å². The lowest BCUT2D eigenvalue weighted by molar-refractivity contribution is 0.356. The van der Waals surface area contributed by atoms with Crippen molar-refractivity contribution in [3.63, 3.8) is 0 Å². The van der Waals surface area contributed by atoms with E-state index < -0.39 is 0 Å². The van der Waals surface area contributed by atoms with Gasteiger partial charge in [0.1, 0.15) is 11.6 Å². The van der Waals surface area contributed by atoms with Crippen molar-refractivity contribution in [3.8, 4) is 21.9 Å². The fraction of sp³-hybridized carbons (Fsp3) is 0.250. The molecule has 1 unspecified atom stereocenters. The second kappa shape index (κ2) is 9.32. The second-order valence-electron chi connectivity index (χ2n) is 7.39. The van der Waals surface area contributed by atoms with Crippen molar-refractivity contribution < 1.29 is 9.47 Å². The maximum absolute atomic E-state index is 6.66. The predicted molar refractivity (Wildman–Crippen MR) is 132 cm³/mol. The molecule has 0 fully saturated rings. The number of aryl methyl sites for hydroxylation is 1. The Bertz CT molecular complexity index is 1270. The van der Waals surface area contributed by atoms with Crippen LogP contribution in [0, 0.1) is 6.92 Å². The van der Waals surface area contributed by atoms with E-state index in [0.29, 0.717) is 34.7 Å². The van der Waals surface area contributed by atoms with Gasteiger partial charge in [0.15, 0.2) is 11.5 Å². The highest BCUT2D eigenvalue weighted by molar-refractivity contribution is 7.16. The van der Waals surface area contributed by atoms with Crippen molar-refractivity contribution in [2.24, 2.45) is 5.73 Å². The number of ether oxygens (including phenoxy) is 2. The predicted octanol–water partition coefficient (Wildman–Crippen LogP) is 5.97. The minimum atomic E-state index is -0.0723. The molecule has 0 aliphatic heterocycles. The molecule has 2 heterocycles. The highest BCUT2D eigenvalue weighted by Gasteiger charge is 2.19. The summed E-state index contributed by atoms with van der Waals surface area (Å²) in [5, 5.41) is 5.08. The van der Waals surface area contributed by atoms with Crippen LogP contribution in [-0.4, -0.2) is 24.2 Å². The number of fused-ring (bicyclic) bond motifs is 1. The summed E-state index contributed by atoms with van der Waals surface area (Å²) in [7, 11) is 3.22. The number of hydrogen-bond donors (Lipinski definition) is 2. The molecule has 2 aromatic carbocycles. The zero-order valence-electron chi connectivity index (χ0n) is 18.4. The van der Waals surface area contributed by atoms with Crippen molar-refractivity contribution in [1.29, 1.82) is 0 Å². The van der Waals surface area contributed by atoms with Crippen LogP contribution < -0.4 is 20.5 Å². The lowest BCUT2D eigenvalue weighted by Crippen LogP contribution is -2.09. The molecule has 32 heavy (non-hydrogen) atoms. The summed E-state index contributed by atoms with van der Waals surface area (Å²) in [6.45, 7) is 4.42. The highest BCUT2D eigenvalue weighted by atomic mass is 35.5. The van der Waals surface area contributed by atoms with Crippen molar-refractivity contribution in [3.05, 3.63) is 63.8 Å². The molecule has 0 bridgehead atoms. The highest BCUT2D eigenvalue weighted by Crippen LogP contribution is 2.41. The van der Waals surface area contributed by atoms with Crippen LogP contribution in [0.15, 0.2) is 42.5 Å². The molecule has 0 spiro atoms. The Morgan fingerprint density at radius 1 is 1.09 bits per heavy atom. The van der Waals surface area contributed by atoms with E-state index in [1.807, 2.05) is 43.3 Å². The number of rotatable bonds is 7. The Morgan fingerprint density at radius 2 is 1.81 bits per heavy atom. The van der Waals surface area contributed by atoms with Gasteiger partial charge in [-0.15, -0.1) is 11.3 Å². The number of aromatic nitrogens is 2. The molecule has 0 saturated heterocycles. The first-order valence-electron chi connectivity index (χ1n) is 10.2. The molecular weight excluding hydrogens is 444 g/mol. The molecule has 2 aromatic heterocycles. The fourth-order valence-electron chi connectivity index (χ4n) is 3.70. The first kappa shape index (κ1) is 22.3. The van der Waals surface area contributed by atoms with Crippen molar-refractivity contribution in [1.82, 2.24) is 9.97 Å². The Labute approximate surface area is 196 Å². The summed E-state index contributed by atoms with van der Waals surface area (Å²) in [5.41, 5.74) is 8.91. The second-order valence-corrected chi connectivity index (χ2v) is 8.88. The largest absolute Gasteiger partial charge is 0.493 e. The summed E-state index contributed by atoms with van der Waals surface area (Å²) < 4.78 is 10.9. The summed E-state index contributed by atoms with van der Waals surface area (Å²) in [6.07, 6.45) is 0. The Balaban J connectivity index is 1.72. The Morgan fingerprint density at radius 3 is 2.53 bits per heavy atom. The van der Waals surface area contributed by atoms with Gasteiger partial charge in [-0.05, 0) is 37.1 Å². The molecule has 4 aromatic rings. The maximum atomic E-state index is 6.66. The zero-order valence-corrected chi connectivity index (χ0v) is 20.0. The van der Waals surface area contributed by atoms with Crippen LogP contribution in [0.5, 0.6) is 11.5 Å². The van der Waals surface area contributed by atoms with Gasteiger partial charge in [0, 0.05) is 27.8 Å². The molecule has 0 saturated carbocycles. The van der Waals surface area contributed by atoms with Crippen LogP contribution in [0.2, 0.25) is 5.02 Å². The number of nitrogens with two attached hydrogens (primary N) is 1. The van der Waals surface area contributed by atoms with Crippen LogP contribution >= 0.6 is 22.9 Å². The van der Waals surface area contributed by atoms with Crippen LogP contribution in [0.4, 0.5) is 5.82 Å². The summed E-state index contributed by atoms with van der Waals surface area (Å²) in [5.74, 6) is 2.63. The molecule has 8 heteroatoms. The lowest BCUT2D eigenvalue weighted by Gasteiger charge is -2.17. The van der Waals surface area contributed by atoms with Crippen molar-refractivity contribution >= 4 is 39.7 Å². The summed E-state index contributed by atoms with van der Waals surface area (Å²) in [4.78, 5) is 11.3. The summed E-state index contributed by atoms with van der Waals surface area (Å²) in [6, 6.07) is 13.8. The lowest BCUT2D eigenvalue weighted by atomic mass is 10.1. The van der Waals surface area contributed by atoms with Crippen LogP contribution in [0.3, 0.4) is 0 Å². The number of hydrogen-bond acceptors (Lipinski definition) is 7. The van der Waals surface area contributed by atoms with Crippen LogP contribution in [0.1, 0.15) is 29.2 Å². The number of methoxy groups -OCH3 is 2. The third kappa shape index (κ3) is 4.24. The average molecular weight is 469 g/mol. The SMILES string of the molecule is COc1cc2nc(C)nc(NC(C)c3sc(-c4ccccc4CN)cc3Cl)c2cc1OC. The minimum absolute atomic E-state index is 0.0723. The first-order chi connectivity index (χ1) is 15.4. The zero-order chi connectivity index (χ0) is 22.8. The minimum Gasteiger partial charge on any atom is -0.493 e. The van der Waals surface area contributed by atoms with Gasteiger partial charge >= 0.3 is 0 Å². The van der Waals surface area contributed by atoms with E-state index in [-0.39, 0.29) is 6.04 Å². The molecule has 1 atom stereocenters. The molecule has 0 radical (unpaired) electrons. The molecule has 166 valence electrons. The third-order valence-corrected chi connectivity index (χ3v) is 7.05. The van der Waals surface area contributed by atoms with Gasteiger partial charge in [0.2, 0.25) is 0 Å². The molecular formula is C24H25ClN4O2S. The van der Waals surface area contributed by atoms with E-state index in [4.69, 9.17) is 26.8 Å². The van der Waals surface area contributed by atoms with E-state index in [2.05, 4.69) is 28.3 Å². The molecule has 0 amide bonds. The Kier molecular flexibility index (Phi) is 6.50. The first-order valence-corrected chi connectivity index (χ1v) is 11.4. The maximum Gasteiger partial charge on any atom is 0.162 e. The number of thiophene rings is 1. The fourth-order valence-corrected chi connectivity index (χ4v) is 5.27. The van der Waals surface area contributed by atoms with Gasteiger partial charge in [-0.3, -0.25) is 0 Å². The molecule has 6 nitrogen and oxygen atoms in total. The number of nitrogens with zero attached hydrogens (tertiary/aromatic N) is 2. The molecule has 0 aliphatic carbocycles. The normalized spacial score (nSPS) is 12.1. The topological polar surface area (TPSA) is 82.3 Å². The number of halogens is 1. The van der Waals surface area contributed by atoms with E-state index in [9.17, 15) is 0 Å². The number of benzene rings is 2. The molecule has 0 aliphatic rings. The van der Waals surface area contributed by atoms with E-state index in [1.165, 1.54) is 0 Å². The van der Waals surface area contributed by atoms with Gasteiger partial charge in [0.05, 0.1) is 30.8 Å². The van der Waals surface area contributed by atoms with E-state index >= 15 is 0 Å². The number of anilines is 1.